The molecule has 0 aliphatic heterocycles. The van der Waals surface area contributed by atoms with E-state index in [1.165, 1.54) is 18.3 Å². The standard InChI is InChI=1S/C18H11FN2O/c19-15-2-1-3-17(10-15)22-16-7-5-14(6-8-16)18-9-4-13(11-20)12-21-18/h1-10,12H. The highest BCUT2D eigenvalue weighted by molar-refractivity contribution is 5.60. The molecule has 0 aliphatic carbocycles. The van der Waals surface area contributed by atoms with Gasteiger partial charge in [-0.2, -0.15) is 5.26 Å². The number of aromatic nitrogens is 1. The third-order valence-corrected chi connectivity index (χ3v) is 3.07. The Morgan fingerprint density at radius 3 is 2.41 bits per heavy atom. The van der Waals surface area contributed by atoms with E-state index in [1.54, 1.807) is 36.4 Å². The first-order chi connectivity index (χ1) is 10.7. The van der Waals surface area contributed by atoms with Crippen molar-refractivity contribution in [2.45, 2.75) is 0 Å². The molecule has 0 atom stereocenters. The number of halogens is 1. The normalized spacial score (nSPS) is 10.0. The summed E-state index contributed by atoms with van der Waals surface area (Å²) in [6, 6.07) is 18.8. The van der Waals surface area contributed by atoms with Crippen molar-refractivity contribution in [3.63, 3.8) is 0 Å². The molecule has 0 bridgehead atoms. The van der Waals surface area contributed by atoms with Crippen LogP contribution in [0.25, 0.3) is 11.3 Å². The lowest BCUT2D eigenvalue weighted by Crippen LogP contribution is -1.87. The van der Waals surface area contributed by atoms with Gasteiger partial charge in [0.1, 0.15) is 23.4 Å². The van der Waals surface area contributed by atoms with Crippen LogP contribution in [-0.2, 0) is 0 Å². The van der Waals surface area contributed by atoms with Crippen molar-refractivity contribution in [1.29, 1.82) is 5.26 Å². The topological polar surface area (TPSA) is 45.9 Å². The maximum absolute atomic E-state index is 13.1. The highest BCUT2D eigenvalue weighted by atomic mass is 19.1. The predicted molar refractivity (Wildman–Crippen MR) is 80.9 cm³/mol. The lowest BCUT2D eigenvalue weighted by molar-refractivity contribution is 0.477. The van der Waals surface area contributed by atoms with Crippen LogP contribution in [0, 0.1) is 17.1 Å². The molecule has 0 saturated heterocycles. The number of pyridine rings is 1. The first-order valence-corrected chi connectivity index (χ1v) is 6.64. The first-order valence-electron chi connectivity index (χ1n) is 6.64. The molecule has 0 saturated carbocycles. The van der Waals surface area contributed by atoms with E-state index in [0.717, 1.165) is 11.3 Å². The minimum absolute atomic E-state index is 0.337. The van der Waals surface area contributed by atoms with Crippen molar-refractivity contribution >= 4 is 0 Å². The summed E-state index contributed by atoms with van der Waals surface area (Å²) in [5.41, 5.74) is 2.21. The van der Waals surface area contributed by atoms with Gasteiger partial charge in [0.05, 0.1) is 11.3 Å². The minimum Gasteiger partial charge on any atom is -0.457 e. The van der Waals surface area contributed by atoms with Crippen LogP contribution >= 0.6 is 0 Å². The number of nitrogens with zero attached hydrogens (tertiary/aromatic N) is 2. The highest BCUT2D eigenvalue weighted by Crippen LogP contribution is 2.25. The molecule has 0 radical (unpaired) electrons. The summed E-state index contributed by atoms with van der Waals surface area (Å²) in [5, 5.41) is 8.76. The molecular formula is C18H11FN2O. The Bertz CT molecular complexity index is 821. The van der Waals surface area contributed by atoms with Crippen LogP contribution in [0.4, 0.5) is 4.39 Å². The molecule has 3 rings (SSSR count). The fraction of sp³-hybridized carbons (Fsp3) is 0. The number of rotatable bonds is 3. The molecule has 2 aromatic carbocycles. The van der Waals surface area contributed by atoms with Crippen molar-refractivity contribution in [3.05, 3.63) is 78.2 Å². The van der Waals surface area contributed by atoms with Gasteiger partial charge in [-0.25, -0.2) is 4.39 Å². The summed E-state index contributed by atoms with van der Waals surface area (Å²) in [7, 11) is 0. The molecule has 0 spiro atoms. The Morgan fingerprint density at radius 2 is 1.77 bits per heavy atom. The first kappa shape index (κ1) is 13.8. The second-order valence-electron chi connectivity index (χ2n) is 4.63. The van der Waals surface area contributed by atoms with Gasteiger partial charge in [0.2, 0.25) is 0 Å². The average molecular weight is 290 g/mol. The third-order valence-electron chi connectivity index (χ3n) is 3.07. The van der Waals surface area contributed by atoms with Gasteiger partial charge in [0, 0.05) is 17.8 Å². The summed E-state index contributed by atoms with van der Waals surface area (Å²) in [5.74, 6) is 0.725. The van der Waals surface area contributed by atoms with Gasteiger partial charge in [-0.3, -0.25) is 4.98 Å². The smallest absolute Gasteiger partial charge is 0.130 e. The zero-order valence-electron chi connectivity index (χ0n) is 11.5. The van der Waals surface area contributed by atoms with Crippen LogP contribution in [0.15, 0.2) is 66.9 Å². The summed E-state index contributed by atoms with van der Waals surface area (Å²) >= 11 is 0. The quantitative estimate of drug-likeness (QED) is 0.710. The maximum atomic E-state index is 13.1. The molecule has 3 nitrogen and oxygen atoms in total. The lowest BCUT2D eigenvalue weighted by atomic mass is 10.1. The van der Waals surface area contributed by atoms with Crippen LogP contribution in [0.2, 0.25) is 0 Å². The molecule has 0 aliphatic rings. The second kappa shape index (κ2) is 6.06. The largest absolute Gasteiger partial charge is 0.457 e. The third kappa shape index (κ3) is 3.10. The van der Waals surface area contributed by atoms with Crippen molar-refractivity contribution in [2.24, 2.45) is 0 Å². The molecule has 4 heteroatoms. The predicted octanol–water partition coefficient (Wildman–Crippen LogP) is 4.55. The number of benzene rings is 2. The Morgan fingerprint density at radius 1 is 0.955 bits per heavy atom. The second-order valence-corrected chi connectivity index (χ2v) is 4.63. The molecule has 22 heavy (non-hydrogen) atoms. The Kier molecular flexibility index (Phi) is 3.80. The van der Waals surface area contributed by atoms with E-state index in [9.17, 15) is 4.39 Å². The van der Waals surface area contributed by atoms with E-state index >= 15 is 0 Å². The summed E-state index contributed by atoms with van der Waals surface area (Å²) < 4.78 is 18.7. The van der Waals surface area contributed by atoms with E-state index < -0.39 is 0 Å². The average Bonchev–Trinajstić information content (AvgIpc) is 2.56. The Labute approximate surface area is 127 Å². The van der Waals surface area contributed by atoms with Crippen LogP contribution < -0.4 is 4.74 Å². The van der Waals surface area contributed by atoms with Gasteiger partial charge in [-0.15, -0.1) is 0 Å². The van der Waals surface area contributed by atoms with E-state index in [0.29, 0.717) is 17.1 Å². The molecule has 1 heterocycles. The molecule has 1 aromatic heterocycles. The summed E-state index contributed by atoms with van der Waals surface area (Å²) in [6.07, 6.45) is 1.53. The molecule has 0 unspecified atom stereocenters. The van der Waals surface area contributed by atoms with Gasteiger partial charge in [0.25, 0.3) is 0 Å². The van der Waals surface area contributed by atoms with Gasteiger partial charge in [-0.05, 0) is 48.5 Å². The fourth-order valence-corrected chi connectivity index (χ4v) is 1.99. The maximum Gasteiger partial charge on any atom is 0.130 e. The number of nitriles is 1. The van der Waals surface area contributed by atoms with Crippen LogP contribution in [-0.4, -0.2) is 4.98 Å². The van der Waals surface area contributed by atoms with Crippen molar-refractivity contribution in [3.8, 4) is 28.8 Å². The van der Waals surface area contributed by atoms with Crippen molar-refractivity contribution < 1.29 is 9.13 Å². The number of ether oxygens (including phenoxy) is 1. The van der Waals surface area contributed by atoms with Gasteiger partial charge >= 0.3 is 0 Å². The number of hydrogen-bond donors (Lipinski definition) is 0. The zero-order chi connectivity index (χ0) is 15.4. The molecular weight excluding hydrogens is 279 g/mol. The molecule has 3 aromatic rings. The monoisotopic (exact) mass is 290 g/mol. The fourth-order valence-electron chi connectivity index (χ4n) is 1.99. The SMILES string of the molecule is N#Cc1ccc(-c2ccc(Oc3cccc(F)c3)cc2)nc1. The number of hydrogen-bond acceptors (Lipinski definition) is 3. The van der Waals surface area contributed by atoms with Gasteiger partial charge in [0.15, 0.2) is 0 Å². The van der Waals surface area contributed by atoms with E-state index in [1.807, 2.05) is 18.2 Å². The van der Waals surface area contributed by atoms with E-state index in [4.69, 9.17) is 10.00 Å². The van der Waals surface area contributed by atoms with Crippen molar-refractivity contribution in [1.82, 2.24) is 4.98 Å². The van der Waals surface area contributed by atoms with Crippen LogP contribution in [0.5, 0.6) is 11.5 Å². The highest BCUT2D eigenvalue weighted by Gasteiger charge is 2.02. The van der Waals surface area contributed by atoms with E-state index in [-0.39, 0.29) is 5.82 Å². The summed E-state index contributed by atoms with van der Waals surface area (Å²) in [6.45, 7) is 0. The molecule has 0 amide bonds. The van der Waals surface area contributed by atoms with Crippen molar-refractivity contribution in [2.75, 3.05) is 0 Å². The van der Waals surface area contributed by atoms with Gasteiger partial charge in [-0.1, -0.05) is 6.07 Å². The van der Waals surface area contributed by atoms with Gasteiger partial charge < -0.3 is 4.74 Å². The van der Waals surface area contributed by atoms with E-state index in [2.05, 4.69) is 4.98 Å². The Balaban J connectivity index is 1.79. The summed E-state index contributed by atoms with van der Waals surface area (Å²) in [4.78, 5) is 4.23. The zero-order valence-corrected chi connectivity index (χ0v) is 11.5. The Hall–Kier alpha value is -3.19. The minimum atomic E-state index is -0.337. The molecule has 0 fully saturated rings. The molecule has 0 N–H and O–H groups in total. The lowest BCUT2D eigenvalue weighted by Gasteiger charge is -2.07. The van der Waals surface area contributed by atoms with Crippen LogP contribution in [0.3, 0.4) is 0 Å². The molecule has 106 valence electrons. The van der Waals surface area contributed by atoms with Crippen LogP contribution in [0.1, 0.15) is 5.56 Å².